The summed E-state index contributed by atoms with van der Waals surface area (Å²) in [4.78, 5) is 0. The van der Waals surface area contributed by atoms with E-state index in [1.54, 1.807) is 0 Å². The molecule has 0 heterocycles. The zero-order chi connectivity index (χ0) is 18.5. The molecule has 1 atom stereocenters. The van der Waals surface area contributed by atoms with Gasteiger partial charge in [-0.25, -0.2) is 8.78 Å². The summed E-state index contributed by atoms with van der Waals surface area (Å²) < 4.78 is 26.9. The van der Waals surface area contributed by atoms with E-state index in [9.17, 15) is 8.78 Å². The van der Waals surface area contributed by atoms with Crippen molar-refractivity contribution in [2.45, 2.75) is 13.0 Å². The van der Waals surface area contributed by atoms with Gasteiger partial charge < -0.3 is 10.6 Å². The Balaban J connectivity index is 1.86. The van der Waals surface area contributed by atoms with Gasteiger partial charge in [0.15, 0.2) is 5.11 Å². The Morgan fingerprint density at radius 2 is 1.62 bits per heavy atom. The SMILES string of the molecule is Cc1ccccc1[C@H](NC(=S)Nc1ccc(F)cc1F)c1ccccc1. The number of hydrogen-bond donors (Lipinski definition) is 2. The summed E-state index contributed by atoms with van der Waals surface area (Å²) >= 11 is 5.37. The minimum absolute atomic E-state index is 0.125. The van der Waals surface area contributed by atoms with Crippen LogP contribution in [0.25, 0.3) is 0 Å². The van der Waals surface area contributed by atoms with Crippen LogP contribution in [0, 0.1) is 18.6 Å². The van der Waals surface area contributed by atoms with E-state index >= 15 is 0 Å². The van der Waals surface area contributed by atoms with Crippen LogP contribution >= 0.6 is 12.2 Å². The minimum Gasteiger partial charge on any atom is -0.352 e. The highest BCUT2D eigenvalue weighted by Gasteiger charge is 2.17. The maximum Gasteiger partial charge on any atom is 0.171 e. The molecule has 3 aromatic rings. The second-order valence-electron chi connectivity index (χ2n) is 5.92. The van der Waals surface area contributed by atoms with Gasteiger partial charge >= 0.3 is 0 Å². The molecule has 0 unspecified atom stereocenters. The van der Waals surface area contributed by atoms with Crippen molar-refractivity contribution in [3.8, 4) is 0 Å². The summed E-state index contributed by atoms with van der Waals surface area (Å²) in [6, 6.07) is 21.0. The summed E-state index contributed by atoms with van der Waals surface area (Å²) in [5.41, 5.74) is 3.35. The smallest absolute Gasteiger partial charge is 0.171 e. The zero-order valence-electron chi connectivity index (χ0n) is 14.2. The van der Waals surface area contributed by atoms with Crippen molar-refractivity contribution >= 4 is 23.0 Å². The number of halogens is 2. The molecular weight excluding hydrogens is 350 g/mol. The Morgan fingerprint density at radius 3 is 2.31 bits per heavy atom. The number of anilines is 1. The van der Waals surface area contributed by atoms with Crippen LogP contribution in [0.15, 0.2) is 72.8 Å². The van der Waals surface area contributed by atoms with Crippen LogP contribution in [-0.2, 0) is 0 Å². The van der Waals surface area contributed by atoms with Gasteiger partial charge in [-0.15, -0.1) is 0 Å². The van der Waals surface area contributed by atoms with E-state index in [0.717, 1.165) is 22.8 Å². The first-order valence-corrected chi connectivity index (χ1v) is 8.58. The molecule has 0 radical (unpaired) electrons. The number of hydrogen-bond acceptors (Lipinski definition) is 1. The van der Waals surface area contributed by atoms with Crippen molar-refractivity contribution in [3.05, 3.63) is 101 Å². The van der Waals surface area contributed by atoms with Gasteiger partial charge in [0, 0.05) is 6.07 Å². The Hall–Kier alpha value is -2.79. The van der Waals surface area contributed by atoms with Gasteiger partial charge in [0.2, 0.25) is 0 Å². The Labute approximate surface area is 156 Å². The predicted molar refractivity (Wildman–Crippen MR) is 105 cm³/mol. The molecule has 132 valence electrons. The Kier molecular flexibility index (Phi) is 5.58. The molecule has 0 fully saturated rings. The summed E-state index contributed by atoms with van der Waals surface area (Å²) in [6.45, 7) is 2.03. The molecule has 0 aliphatic heterocycles. The number of nitrogens with one attached hydrogen (secondary N) is 2. The number of benzene rings is 3. The highest BCUT2D eigenvalue weighted by Crippen LogP contribution is 2.25. The van der Waals surface area contributed by atoms with E-state index in [-0.39, 0.29) is 16.8 Å². The van der Waals surface area contributed by atoms with Crippen LogP contribution < -0.4 is 10.6 Å². The van der Waals surface area contributed by atoms with E-state index in [1.165, 1.54) is 12.1 Å². The fourth-order valence-corrected chi connectivity index (χ4v) is 3.00. The fraction of sp³-hybridized carbons (Fsp3) is 0.0952. The molecule has 0 bridgehead atoms. The fourth-order valence-electron chi connectivity index (χ4n) is 2.78. The maximum absolute atomic E-state index is 13.9. The topological polar surface area (TPSA) is 24.1 Å². The highest BCUT2D eigenvalue weighted by atomic mass is 32.1. The standard InChI is InChI=1S/C21H18F2N2S/c1-14-7-5-6-10-17(14)20(15-8-3-2-4-9-15)25-21(26)24-19-12-11-16(22)13-18(19)23/h2-13,20H,1H3,(H2,24,25,26)/t20-/m1/s1. The zero-order valence-corrected chi connectivity index (χ0v) is 15.0. The molecular formula is C21H18F2N2S. The van der Waals surface area contributed by atoms with Gasteiger partial charge in [0.25, 0.3) is 0 Å². The largest absolute Gasteiger partial charge is 0.352 e. The molecule has 3 aromatic carbocycles. The third-order valence-corrected chi connectivity index (χ3v) is 4.31. The van der Waals surface area contributed by atoms with Gasteiger partial charge in [-0.05, 0) is 48.0 Å². The normalized spacial score (nSPS) is 11.7. The minimum atomic E-state index is -0.693. The van der Waals surface area contributed by atoms with Crippen molar-refractivity contribution in [2.75, 3.05) is 5.32 Å². The second kappa shape index (κ2) is 8.06. The molecule has 26 heavy (non-hydrogen) atoms. The summed E-state index contributed by atoms with van der Waals surface area (Å²) in [5, 5.41) is 6.30. The van der Waals surface area contributed by atoms with Gasteiger partial charge in [-0.3, -0.25) is 0 Å². The monoisotopic (exact) mass is 368 g/mol. The van der Waals surface area contributed by atoms with Gasteiger partial charge in [-0.2, -0.15) is 0 Å². The lowest BCUT2D eigenvalue weighted by molar-refractivity contribution is 0.586. The van der Waals surface area contributed by atoms with Gasteiger partial charge in [0.1, 0.15) is 11.6 Å². The van der Waals surface area contributed by atoms with Crippen LogP contribution in [0.4, 0.5) is 14.5 Å². The predicted octanol–water partition coefficient (Wildman–Crippen LogP) is 5.35. The van der Waals surface area contributed by atoms with E-state index in [2.05, 4.69) is 10.6 Å². The average Bonchev–Trinajstić information content (AvgIpc) is 2.63. The number of rotatable bonds is 4. The Morgan fingerprint density at radius 1 is 0.923 bits per heavy atom. The van der Waals surface area contributed by atoms with Crippen LogP contribution in [-0.4, -0.2) is 5.11 Å². The van der Waals surface area contributed by atoms with Gasteiger partial charge in [0.05, 0.1) is 11.7 Å². The molecule has 0 aliphatic carbocycles. The third-order valence-electron chi connectivity index (χ3n) is 4.09. The molecule has 0 aliphatic rings. The first kappa shape index (κ1) is 18.0. The summed E-state index contributed by atoms with van der Waals surface area (Å²) in [7, 11) is 0. The molecule has 0 aromatic heterocycles. The Bertz CT molecular complexity index is 913. The number of thiocarbonyl (C=S) groups is 1. The van der Waals surface area contributed by atoms with Crippen LogP contribution in [0.1, 0.15) is 22.7 Å². The van der Waals surface area contributed by atoms with Crippen LogP contribution in [0.3, 0.4) is 0 Å². The molecule has 0 saturated heterocycles. The maximum atomic E-state index is 13.9. The van der Waals surface area contributed by atoms with Crippen LogP contribution in [0.5, 0.6) is 0 Å². The summed E-state index contributed by atoms with van der Waals surface area (Å²) in [5.74, 6) is -1.32. The first-order chi connectivity index (χ1) is 12.5. The molecule has 0 spiro atoms. The molecule has 3 rings (SSSR count). The lowest BCUT2D eigenvalue weighted by Gasteiger charge is -2.23. The molecule has 5 heteroatoms. The van der Waals surface area contributed by atoms with Crippen molar-refractivity contribution in [1.82, 2.24) is 5.32 Å². The first-order valence-electron chi connectivity index (χ1n) is 8.17. The third kappa shape index (κ3) is 4.24. The average molecular weight is 368 g/mol. The lowest BCUT2D eigenvalue weighted by Crippen LogP contribution is -2.33. The van der Waals surface area contributed by atoms with E-state index in [1.807, 2.05) is 61.5 Å². The van der Waals surface area contributed by atoms with E-state index in [0.29, 0.717) is 0 Å². The van der Waals surface area contributed by atoms with E-state index < -0.39 is 11.6 Å². The second-order valence-corrected chi connectivity index (χ2v) is 6.33. The molecule has 0 saturated carbocycles. The lowest BCUT2D eigenvalue weighted by atomic mass is 9.95. The quantitative estimate of drug-likeness (QED) is 0.607. The van der Waals surface area contributed by atoms with Gasteiger partial charge in [-0.1, -0.05) is 54.6 Å². The molecule has 2 N–H and O–H groups in total. The molecule has 2 nitrogen and oxygen atoms in total. The van der Waals surface area contributed by atoms with E-state index in [4.69, 9.17) is 12.2 Å². The molecule has 0 amide bonds. The van der Waals surface area contributed by atoms with Crippen molar-refractivity contribution in [3.63, 3.8) is 0 Å². The van der Waals surface area contributed by atoms with Crippen molar-refractivity contribution in [2.24, 2.45) is 0 Å². The number of aryl methyl sites for hydroxylation is 1. The summed E-state index contributed by atoms with van der Waals surface area (Å²) in [6.07, 6.45) is 0. The highest BCUT2D eigenvalue weighted by molar-refractivity contribution is 7.80. The van der Waals surface area contributed by atoms with Crippen molar-refractivity contribution < 1.29 is 8.78 Å². The van der Waals surface area contributed by atoms with Crippen molar-refractivity contribution in [1.29, 1.82) is 0 Å². The van der Waals surface area contributed by atoms with Crippen LogP contribution in [0.2, 0.25) is 0 Å².